The molecule has 0 bridgehead atoms. The second-order valence-electron chi connectivity index (χ2n) is 9.06. The van der Waals surface area contributed by atoms with Crippen LogP contribution in [-0.2, 0) is 19.1 Å². The predicted octanol–water partition coefficient (Wildman–Crippen LogP) is 4.49. The molecule has 1 N–H and O–H groups in total. The molecule has 4 rings (SSSR count). The Morgan fingerprint density at radius 3 is 2.42 bits per heavy atom. The number of carbonyl (C=O) groups excluding carboxylic acids is 2. The molecule has 0 radical (unpaired) electrons. The molecule has 0 unspecified atom stereocenters. The Morgan fingerprint density at radius 2 is 1.84 bits per heavy atom. The molecule has 1 aliphatic rings. The van der Waals surface area contributed by atoms with E-state index < -0.39 is 42.0 Å². The third kappa shape index (κ3) is 5.39. The van der Waals surface area contributed by atoms with Crippen LogP contribution in [0.5, 0.6) is 0 Å². The molecule has 0 aliphatic heterocycles. The van der Waals surface area contributed by atoms with Crippen molar-refractivity contribution in [2.75, 3.05) is 26.6 Å². The van der Waals surface area contributed by atoms with E-state index in [4.69, 9.17) is 16.3 Å². The molecule has 1 amide bonds. The highest BCUT2D eigenvalue weighted by molar-refractivity contribution is 6.28. The number of fused-ring (bicyclic) bond motifs is 1. The molecule has 1 aliphatic carbocycles. The summed E-state index contributed by atoms with van der Waals surface area (Å²) in [7, 11) is 3.88. The Labute approximate surface area is 221 Å². The van der Waals surface area contributed by atoms with Crippen molar-refractivity contribution >= 4 is 40.6 Å². The van der Waals surface area contributed by atoms with Crippen molar-refractivity contribution in [3.8, 4) is 0 Å². The summed E-state index contributed by atoms with van der Waals surface area (Å²) in [5.41, 5.74) is 1.42. The minimum absolute atomic E-state index is 0.00290. The van der Waals surface area contributed by atoms with Crippen LogP contribution in [0.15, 0.2) is 30.5 Å². The highest BCUT2D eigenvalue weighted by Crippen LogP contribution is 2.42. The average Bonchev–Trinajstić information content (AvgIpc) is 3.22. The first-order valence-electron chi connectivity index (χ1n) is 11.7. The van der Waals surface area contributed by atoms with E-state index in [-0.39, 0.29) is 29.5 Å². The van der Waals surface area contributed by atoms with E-state index in [1.165, 1.54) is 49.2 Å². The number of nitrogens with one attached hydrogen (secondary N) is 1. The number of hydrogen-bond donors (Lipinski definition) is 1. The summed E-state index contributed by atoms with van der Waals surface area (Å²) in [6.45, 7) is 1.79. The summed E-state index contributed by atoms with van der Waals surface area (Å²) in [5.74, 6) is -2.00. The van der Waals surface area contributed by atoms with Crippen LogP contribution in [0.25, 0.3) is 5.78 Å². The number of hydrogen-bond acceptors (Lipinski definition) is 8. The minimum atomic E-state index is -4.72. The average molecular weight is 555 g/mol. The molecular weight excluding hydrogens is 529 g/mol. The molecule has 2 heterocycles. The van der Waals surface area contributed by atoms with Crippen LogP contribution < -0.4 is 5.32 Å². The monoisotopic (exact) mass is 554 g/mol. The Balaban J connectivity index is 1.56. The van der Waals surface area contributed by atoms with Crippen LogP contribution in [0.2, 0.25) is 5.28 Å². The van der Waals surface area contributed by atoms with Gasteiger partial charge in [0.1, 0.15) is 0 Å². The molecule has 1 aromatic carbocycles. The lowest BCUT2D eigenvalue weighted by Crippen LogP contribution is -2.47. The Bertz CT molecular complexity index is 1330. The van der Waals surface area contributed by atoms with Gasteiger partial charge in [0.25, 0.3) is 5.78 Å². The number of alkyl halides is 3. The largest absolute Gasteiger partial charge is 0.469 e. The first kappa shape index (κ1) is 27.6. The highest BCUT2D eigenvalue weighted by atomic mass is 35.5. The van der Waals surface area contributed by atoms with E-state index in [1.54, 1.807) is 6.92 Å². The third-order valence-electron chi connectivity index (χ3n) is 6.69. The van der Waals surface area contributed by atoms with Crippen molar-refractivity contribution in [3.63, 3.8) is 0 Å². The van der Waals surface area contributed by atoms with Crippen LogP contribution in [0.1, 0.15) is 43.2 Å². The van der Waals surface area contributed by atoms with Crippen LogP contribution in [0.3, 0.4) is 0 Å². The molecule has 1 saturated carbocycles. The quantitative estimate of drug-likeness (QED) is 0.406. The number of methoxy groups -OCH3 is 2. The number of ether oxygens (including phenoxy) is 2. The molecule has 2 aromatic heterocycles. The van der Waals surface area contributed by atoms with Crippen LogP contribution in [-0.4, -0.2) is 63.8 Å². The van der Waals surface area contributed by atoms with Crippen LogP contribution in [0, 0.1) is 11.8 Å². The number of benzene rings is 1. The fraction of sp³-hybridized carbons (Fsp3) is 0.458. The fourth-order valence-corrected chi connectivity index (χ4v) is 4.71. The van der Waals surface area contributed by atoms with Gasteiger partial charge in [-0.1, -0.05) is 12.1 Å². The summed E-state index contributed by atoms with van der Waals surface area (Å²) in [5, 5.41) is 7.26. The van der Waals surface area contributed by atoms with Crippen molar-refractivity contribution in [3.05, 3.63) is 47.0 Å². The van der Waals surface area contributed by atoms with Crippen molar-refractivity contribution in [1.82, 2.24) is 24.5 Å². The van der Waals surface area contributed by atoms with Gasteiger partial charge in [-0.3, -0.25) is 9.59 Å². The standard InChI is InChI=1S/C24H26ClF3N6O4/c1-12(37-3)18-17(11-29-23-31-22(25)32-34(18)23)30-16-7-5-13(6-8-16)19(24(26,27)28)33(2)20(35)14-9-15(10-14)21(36)38-4/h5-8,11-12,14-15,19,30H,9-10H2,1-4H3/t12-,14?,15?,19-/m0/s1. The second kappa shape index (κ2) is 10.7. The van der Waals surface area contributed by atoms with Crippen LogP contribution in [0.4, 0.5) is 24.5 Å². The SMILES string of the molecule is COC(=O)C1CC(C(=O)N(C)[C@@H](c2ccc(Nc3cnc4nc(Cl)nn4c3[C@H](C)OC)cc2)C(F)(F)F)C1. The molecule has 1 fully saturated rings. The molecule has 14 heteroatoms. The molecule has 0 saturated heterocycles. The number of anilines is 2. The summed E-state index contributed by atoms with van der Waals surface area (Å²) < 4.78 is 53.8. The van der Waals surface area contributed by atoms with E-state index in [9.17, 15) is 22.8 Å². The fourth-order valence-electron chi connectivity index (χ4n) is 4.56. The molecule has 0 spiro atoms. The van der Waals surface area contributed by atoms with Crippen molar-refractivity contribution in [2.45, 2.75) is 38.1 Å². The summed E-state index contributed by atoms with van der Waals surface area (Å²) in [6, 6.07) is 3.41. The van der Waals surface area contributed by atoms with Crippen molar-refractivity contribution in [2.24, 2.45) is 11.8 Å². The third-order valence-corrected chi connectivity index (χ3v) is 6.85. The summed E-state index contributed by atoms with van der Waals surface area (Å²) in [4.78, 5) is 33.3. The number of halogens is 4. The maximum Gasteiger partial charge on any atom is 0.413 e. The Morgan fingerprint density at radius 1 is 1.18 bits per heavy atom. The topological polar surface area (TPSA) is 111 Å². The summed E-state index contributed by atoms with van der Waals surface area (Å²) >= 11 is 5.92. The lowest BCUT2D eigenvalue weighted by atomic mass is 9.74. The van der Waals surface area contributed by atoms with Gasteiger partial charge in [0, 0.05) is 25.8 Å². The first-order valence-corrected chi connectivity index (χ1v) is 12.0. The maximum atomic E-state index is 14.1. The van der Waals surface area contributed by atoms with Gasteiger partial charge in [-0.2, -0.15) is 22.7 Å². The van der Waals surface area contributed by atoms with Crippen molar-refractivity contribution < 1.29 is 32.2 Å². The Kier molecular flexibility index (Phi) is 7.79. The smallest absolute Gasteiger partial charge is 0.413 e. The lowest BCUT2D eigenvalue weighted by Gasteiger charge is -2.38. The number of esters is 1. The zero-order chi connectivity index (χ0) is 27.8. The Hall–Kier alpha value is -3.45. The maximum absolute atomic E-state index is 14.1. The molecular formula is C24H26ClF3N6O4. The highest BCUT2D eigenvalue weighted by Gasteiger charge is 2.48. The summed E-state index contributed by atoms with van der Waals surface area (Å²) in [6.07, 6.45) is -3.32. The molecule has 2 atom stereocenters. The number of rotatable bonds is 8. The van der Waals surface area contributed by atoms with Gasteiger partial charge >= 0.3 is 12.1 Å². The van der Waals surface area contributed by atoms with Crippen LogP contribution >= 0.6 is 11.6 Å². The molecule has 204 valence electrons. The van der Waals surface area contributed by atoms with E-state index in [2.05, 4.69) is 25.1 Å². The lowest BCUT2D eigenvalue weighted by molar-refractivity contribution is -0.192. The van der Waals surface area contributed by atoms with E-state index in [0.717, 1.165) is 7.05 Å². The van der Waals surface area contributed by atoms with Gasteiger partial charge in [0.15, 0.2) is 6.04 Å². The van der Waals surface area contributed by atoms with Gasteiger partial charge in [0.05, 0.1) is 36.7 Å². The molecule has 10 nitrogen and oxygen atoms in total. The normalized spacial score (nSPS) is 18.9. The first-order chi connectivity index (χ1) is 17.9. The van der Waals surface area contributed by atoms with Gasteiger partial charge < -0.3 is 19.7 Å². The predicted molar refractivity (Wildman–Crippen MR) is 131 cm³/mol. The number of aromatic nitrogens is 4. The van der Waals surface area contributed by atoms with E-state index >= 15 is 0 Å². The van der Waals surface area contributed by atoms with Gasteiger partial charge in [0.2, 0.25) is 11.2 Å². The van der Waals surface area contributed by atoms with Gasteiger partial charge in [-0.15, -0.1) is 5.10 Å². The zero-order valence-corrected chi connectivity index (χ0v) is 21.7. The van der Waals surface area contributed by atoms with Crippen molar-refractivity contribution in [1.29, 1.82) is 0 Å². The van der Waals surface area contributed by atoms with Gasteiger partial charge in [-0.25, -0.2) is 4.98 Å². The molecule has 38 heavy (non-hydrogen) atoms. The van der Waals surface area contributed by atoms with E-state index in [0.29, 0.717) is 22.0 Å². The number of nitrogens with zero attached hydrogens (tertiary/aromatic N) is 5. The second-order valence-corrected chi connectivity index (χ2v) is 9.39. The number of amides is 1. The number of carbonyl (C=O) groups is 2. The minimum Gasteiger partial charge on any atom is -0.469 e. The van der Waals surface area contributed by atoms with E-state index in [1.807, 2.05) is 0 Å². The van der Waals surface area contributed by atoms with Gasteiger partial charge in [-0.05, 0) is 49.1 Å². The zero-order valence-electron chi connectivity index (χ0n) is 21.0. The molecule has 3 aromatic rings.